The molecule has 3 aliphatic rings. The largest absolute Gasteiger partial charge is 0.341 e. The monoisotopic (exact) mass is 398 g/mol. The third-order valence-electron chi connectivity index (χ3n) is 6.62. The molecule has 1 saturated carbocycles. The summed E-state index contributed by atoms with van der Waals surface area (Å²) in [7, 11) is 0. The van der Waals surface area contributed by atoms with Crippen LogP contribution in [-0.4, -0.2) is 46.7 Å². The number of para-hydroxylation sites is 1. The number of hydrogen-bond acceptors (Lipinski definition) is 6. The summed E-state index contributed by atoms with van der Waals surface area (Å²) in [6.07, 6.45) is 6.19. The molecule has 148 valence electrons. The van der Waals surface area contributed by atoms with E-state index in [1.54, 1.807) is 0 Å². The van der Waals surface area contributed by atoms with Gasteiger partial charge in [0.25, 0.3) is 0 Å². The normalized spacial score (nSPS) is 28.4. The summed E-state index contributed by atoms with van der Waals surface area (Å²) >= 11 is 1.48. The molecule has 28 heavy (non-hydrogen) atoms. The van der Waals surface area contributed by atoms with Crippen molar-refractivity contribution >= 4 is 33.2 Å². The number of nitrogens with zero attached hydrogens (tertiary/aromatic N) is 2. The van der Waals surface area contributed by atoms with Crippen molar-refractivity contribution in [3.05, 3.63) is 29.3 Å². The van der Waals surface area contributed by atoms with Crippen molar-refractivity contribution < 1.29 is 9.59 Å². The standard InChI is InChI=1S/C21H26N4O2S/c26-19(20-22-16-7-3-4-8-17(16)28-20)13-9-11-25(12-10-13)21(27)18-14-5-1-2-6-15(14)23-24-18/h3-4,7-8,13-15,18,23-24H,1-2,5-6,9-12H2. The van der Waals surface area contributed by atoms with Gasteiger partial charge in [0.1, 0.15) is 6.04 Å². The number of ketones is 1. The average molecular weight is 399 g/mol. The molecule has 2 aromatic rings. The molecule has 3 atom stereocenters. The molecule has 1 aliphatic carbocycles. The number of aromatic nitrogens is 1. The van der Waals surface area contributed by atoms with Gasteiger partial charge in [-0.25, -0.2) is 10.4 Å². The fourth-order valence-corrected chi connectivity index (χ4v) is 5.98. The maximum Gasteiger partial charge on any atom is 0.241 e. The Balaban J connectivity index is 1.21. The molecule has 2 N–H and O–H groups in total. The number of fused-ring (bicyclic) bond motifs is 2. The minimum atomic E-state index is -0.109. The molecule has 1 aromatic carbocycles. The lowest BCUT2D eigenvalue weighted by Gasteiger charge is -2.34. The molecule has 0 bridgehead atoms. The van der Waals surface area contributed by atoms with Crippen LogP contribution in [0.3, 0.4) is 0 Å². The minimum Gasteiger partial charge on any atom is -0.341 e. The van der Waals surface area contributed by atoms with Gasteiger partial charge in [0.2, 0.25) is 5.91 Å². The lowest BCUT2D eigenvalue weighted by atomic mass is 9.81. The molecular weight excluding hydrogens is 372 g/mol. The van der Waals surface area contributed by atoms with Crippen molar-refractivity contribution in [3.63, 3.8) is 0 Å². The van der Waals surface area contributed by atoms with Gasteiger partial charge in [-0.3, -0.25) is 15.0 Å². The summed E-state index contributed by atoms with van der Waals surface area (Å²) in [5, 5.41) is 0.609. The number of likely N-dealkylation sites (tertiary alicyclic amines) is 1. The molecule has 0 radical (unpaired) electrons. The highest BCUT2D eigenvalue weighted by Gasteiger charge is 2.43. The van der Waals surface area contributed by atoms with E-state index in [2.05, 4.69) is 15.8 Å². The van der Waals surface area contributed by atoms with Gasteiger partial charge in [0.05, 0.1) is 10.2 Å². The highest BCUT2D eigenvalue weighted by Crippen LogP contribution is 2.32. The molecule has 5 rings (SSSR count). The molecule has 1 amide bonds. The Morgan fingerprint density at radius 3 is 2.64 bits per heavy atom. The van der Waals surface area contributed by atoms with Gasteiger partial charge in [-0.2, -0.15) is 0 Å². The molecule has 1 aromatic heterocycles. The molecule has 6 nitrogen and oxygen atoms in total. The van der Waals surface area contributed by atoms with Crippen molar-refractivity contribution in [2.75, 3.05) is 13.1 Å². The van der Waals surface area contributed by atoms with Gasteiger partial charge < -0.3 is 4.90 Å². The van der Waals surface area contributed by atoms with Crippen molar-refractivity contribution in [3.8, 4) is 0 Å². The predicted octanol–water partition coefficient (Wildman–Crippen LogP) is 2.75. The van der Waals surface area contributed by atoms with Gasteiger partial charge in [-0.15, -0.1) is 11.3 Å². The maximum atomic E-state index is 13.0. The Morgan fingerprint density at radius 1 is 1.04 bits per heavy atom. The van der Waals surface area contributed by atoms with E-state index in [9.17, 15) is 9.59 Å². The van der Waals surface area contributed by atoms with Crippen LogP contribution in [0.1, 0.15) is 48.3 Å². The number of hydrogen-bond donors (Lipinski definition) is 2. The summed E-state index contributed by atoms with van der Waals surface area (Å²) in [5.74, 6) is 0.721. The average Bonchev–Trinajstić information content (AvgIpc) is 3.37. The number of benzene rings is 1. The number of Topliss-reactive ketones (excluding diaryl/α,β-unsaturated/α-hetero) is 1. The van der Waals surface area contributed by atoms with Crippen LogP contribution in [0.25, 0.3) is 10.2 Å². The number of carbonyl (C=O) groups excluding carboxylic acids is 2. The van der Waals surface area contributed by atoms with Gasteiger partial charge in [0, 0.05) is 31.0 Å². The highest BCUT2D eigenvalue weighted by atomic mass is 32.1. The van der Waals surface area contributed by atoms with Crippen LogP contribution < -0.4 is 10.9 Å². The Kier molecular flexibility index (Phi) is 4.90. The van der Waals surface area contributed by atoms with Crippen LogP contribution in [0.5, 0.6) is 0 Å². The smallest absolute Gasteiger partial charge is 0.241 e. The number of amides is 1. The van der Waals surface area contributed by atoms with Gasteiger partial charge in [-0.1, -0.05) is 25.0 Å². The van der Waals surface area contributed by atoms with E-state index in [4.69, 9.17) is 0 Å². The zero-order valence-electron chi connectivity index (χ0n) is 15.9. The lowest BCUT2D eigenvalue weighted by Crippen LogP contribution is -2.50. The van der Waals surface area contributed by atoms with Crippen molar-refractivity contribution in [2.45, 2.75) is 50.6 Å². The molecule has 2 aliphatic heterocycles. The fraction of sp³-hybridized carbons (Fsp3) is 0.571. The Morgan fingerprint density at radius 2 is 1.82 bits per heavy atom. The van der Waals surface area contributed by atoms with Crippen LogP contribution in [-0.2, 0) is 4.79 Å². The molecule has 2 saturated heterocycles. The summed E-state index contributed by atoms with van der Waals surface area (Å²) in [5.41, 5.74) is 7.48. The van der Waals surface area contributed by atoms with Crippen LogP contribution in [0.15, 0.2) is 24.3 Å². The van der Waals surface area contributed by atoms with Gasteiger partial charge >= 0.3 is 0 Å². The van der Waals surface area contributed by atoms with E-state index >= 15 is 0 Å². The second-order valence-electron chi connectivity index (χ2n) is 8.27. The number of carbonyl (C=O) groups is 2. The van der Waals surface area contributed by atoms with Crippen molar-refractivity contribution in [1.82, 2.24) is 20.7 Å². The number of thiazole rings is 1. The first-order valence-electron chi connectivity index (χ1n) is 10.4. The van der Waals surface area contributed by atoms with E-state index in [0.29, 0.717) is 30.1 Å². The summed E-state index contributed by atoms with van der Waals surface area (Å²) in [6.45, 7) is 1.32. The van der Waals surface area contributed by atoms with Crippen molar-refractivity contribution in [1.29, 1.82) is 0 Å². The Bertz CT molecular complexity index is 856. The van der Waals surface area contributed by atoms with Gasteiger partial charge in [0.15, 0.2) is 10.8 Å². The molecule has 3 unspecified atom stereocenters. The molecule has 7 heteroatoms. The van der Waals surface area contributed by atoms with Crippen LogP contribution in [0, 0.1) is 11.8 Å². The van der Waals surface area contributed by atoms with Crippen LogP contribution >= 0.6 is 11.3 Å². The van der Waals surface area contributed by atoms with E-state index in [1.807, 2.05) is 29.2 Å². The molecule has 0 spiro atoms. The first-order valence-corrected chi connectivity index (χ1v) is 11.2. The first kappa shape index (κ1) is 18.2. The highest BCUT2D eigenvalue weighted by molar-refractivity contribution is 7.20. The lowest BCUT2D eigenvalue weighted by molar-refractivity contribution is -0.135. The topological polar surface area (TPSA) is 74.3 Å². The number of nitrogens with one attached hydrogen (secondary N) is 2. The molecule has 3 heterocycles. The zero-order chi connectivity index (χ0) is 19.1. The van der Waals surface area contributed by atoms with Crippen LogP contribution in [0.2, 0.25) is 0 Å². The second-order valence-corrected chi connectivity index (χ2v) is 9.30. The van der Waals surface area contributed by atoms with E-state index in [-0.39, 0.29) is 23.7 Å². The fourth-order valence-electron chi connectivity index (χ4n) is 5.00. The van der Waals surface area contributed by atoms with E-state index in [1.165, 1.54) is 24.2 Å². The molecule has 3 fully saturated rings. The predicted molar refractivity (Wildman–Crippen MR) is 109 cm³/mol. The van der Waals surface area contributed by atoms with Crippen LogP contribution in [0.4, 0.5) is 0 Å². The quantitative estimate of drug-likeness (QED) is 0.778. The molecular formula is C21H26N4O2S. The Hall–Kier alpha value is -1.83. The number of piperidine rings is 1. The van der Waals surface area contributed by atoms with E-state index < -0.39 is 0 Å². The van der Waals surface area contributed by atoms with Gasteiger partial charge in [-0.05, 0) is 37.8 Å². The maximum absolute atomic E-state index is 13.0. The second kappa shape index (κ2) is 7.54. The third-order valence-corrected chi connectivity index (χ3v) is 7.67. The summed E-state index contributed by atoms with van der Waals surface area (Å²) in [4.78, 5) is 32.4. The summed E-state index contributed by atoms with van der Waals surface area (Å²) in [6, 6.07) is 8.20. The Labute approximate surface area is 168 Å². The third kappa shape index (κ3) is 3.25. The summed E-state index contributed by atoms with van der Waals surface area (Å²) < 4.78 is 1.06. The number of rotatable bonds is 3. The zero-order valence-corrected chi connectivity index (χ0v) is 16.7. The first-order chi connectivity index (χ1) is 13.7. The number of hydrazine groups is 1. The van der Waals surface area contributed by atoms with Crippen molar-refractivity contribution in [2.24, 2.45) is 11.8 Å². The SMILES string of the molecule is O=C(c1nc2ccccc2s1)C1CCN(C(=O)C2NNC3CCCCC32)CC1. The minimum absolute atomic E-state index is 0.0262. The van der Waals surface area contributed by atoms with E-state index in [0.717, 1.165) is 35.9 Å².